The Bertz CT molecular complexity index is 2190. The van der Waals surface area contributed by atoms with Gasteiger partial charge in [-0.25, -0.2) is 0 Å². The maximum atomic E-state index is 10.6. The number of nitriles is 1. The molecular formula is C36H22N4. The first-order valence-corrected chi connectivity index (χ1v) is 13.3. The van der Waals surface area contributed by atoms with E-state index in [9.17, 15) is 5.26 Å². The van der Waals surface area contributed by atoms with Gasteiger partial charge in [0, 0.05) is 38.9 Å². The van der Waals surface area contributed by atoms with Crippen LogP contribution in [0.25, 0.3) is 66.1 Å². The van der Waals surface area contributed by atoms with E-state index < -0.39 is 0 Å². The zero-order valence-electron chi connectivity index (χ0n) is 21.5. The standard InChI is InChI=1S/C36H22N4/c37-21-31-26(14-9-19-36(31)40-34-17-7-3-12-29(34)30-13-4-8-18-35(30)40)24-20-25(23-38-22-24)39-32-15-5-1-10-27(32)28-11-2-6-16-33(28)39/h1-20,22-23H. The molecule has 4 heteroatoms. The smallest absolute Gasteiger partial charge is 0.102 e. The van der Waals surface area contributed by atoms with E-state index in [0.717, 1.165) is 44.6 Å². The van der Waals surface area contributed by atoms with Gasteiger partial charge in [-0.05, 0) is 36.4 Å². The third kappa shape index (κ3) is 3.15. The first kappa shape index (κ1) is 22.3. The molecule has 0 bridgehead atoms. The van der Waals surface area contributed by atoms with E-state index in [2.05, 4.69) is 111 Å². The van der Waals surface area contributed by atoms with Crippen molar-refractivity contribution in [3.63, 3.8) is 0 Å². The topological polar surface area (TPSA) is 46.5 Å². The maximum absolute atomic E-state index is 10.6. The highest BCUT2D eigenvalue weighted by molar-refractivity contribution is 6.10. The number of hydrogen-bond donors (Lipinski definition) is 0. The van der Waals surface area contributed by atoms with Gasteiger partial charge in [0.25, 0.3) is 0 Å². The molecule has 0 aliphatic heterocycles. The highest BCUT2D eigenvalue weighted by Crippen LogP contribution is 2.37. The van der Waals surface area contributed by atoms with Gasteiger partial charge in [0.15, 0.2) is 0 Å². The van der Waals surface area contributed by atoms with E-state index in [1.807, 2.05) is 42.7 Å². The molecule has 40 heavy (non-hydrogen) atoms. The third-order valence-corrected chi connectivity index (χ3v) is 7.85. The second-order valence-corrected chi connectivity index (χ2v) is 9.98. The van der Waals surface area contributed by atoms with Crippen LogP contribution >= 0.6 is 0 Å². The lowest BCUT2D eigenvalue weighted by atomic mass is 9.99. The minimum Gasteiger partial charge on any atom is -0.308 e. The lowest BCUT2D eigenvalue weighted by Crippen LogP contribution is -2.00. The predicted molar refractivity (Wildman–Crippen MR) is 163 cm³/mol. The first-order valence-electron chi connectivity index (χ1n) is 13.3. The van der Waals surface area contributed by atoms with Crippen molar-refractivity contribution < 1.29 is 0 Å². The number of para-hydroxylation sites is 4. The molecule has 0 amide bonds. The van der Waals surface area contributed by atoms with Gasteiger partial charge in [0.05, 0.1) is 45.2 Å². The zero-order chi connectivity index (χ0) is 26.6. The zero-order valence-corrected chi connectivity index (χ0v) is 21.5. The lowest BCUT2D eigenvalue weighted by Gasteiger charge is -2.14. The van der Waals surface area contributed by atoms with Gasteiger partial charge >= 0.3 is 0 Å². The van der Waals surface area contributed by atoms with Crippen LogP contribution in [0.4, 0.5) is 0 Å². The van der Waals surface area contributed by atoms with Crippen molar-refractivity contribution in [2.75, 3.05) is 0 Å². The molecule has 4 nitrogen and oxygen atoms in total. The van der Waals surface area contributed by atoms with Gasteiger partial charge in [-0.15, -0.1) is 0 Å². The third-order valence-electron chi connectivity index (χ3n) is 7.85. The number of aromatic nitrogens is 3. The van der Waals surface area contributed by atoms with Crippen LogP contribution in [0.1, 0.15) is 5.56 Å². The number of nitrogens with zero attached hydrogens (tertiary/aromatic N) is 4. The summed E-state index contributed by atoms with van der Waals surface area (Å²) in [6.07, 6.45) is 3.74. The fraction of sp³-hybridized carbons (Fsp3) is 0. The van der Waals surface area contributed by atoms with Crippen molar-refractivity contribution in [2.24, 2.45) is 0 Å². The molecule has 0 unspecified atom stereocenters. The highest BCUT2D eigenvalue weighted by atomic mass is 15.0. The van der Waals surface area contributed by atoms with Crippen LogP contribution in [-0.4, -0.2) is 14.1 Å². The Morgan fingerprint density at radius 3 is 1.55 bits per heavy atom. The minimum absolute atomic E-state index is 0.621. The first-order chi connectivity index (χ1) is 19.8. The Balaban J connectivity index is 1.37. The summed E-state index contributed by atoms with van der Waals surface area (Å²) >= 11 is 0. The van der Waals surface area contributed by atoms with Crippen molar-refractivity contribution in [1.29, 1.82) is 5.26 Å². The molecule has 8 aromatic rings. The SMILES string of the molecule is N#Cc1c(-c2cncc(-n3c4ccccc4c4ccccc43)c2)cccc1-n1c2ccccc2c2ccccc21. The molecule has 186 valence electrons. The molecule has 0 N–H and O–H groups in total. The van der Waals surface area contributed by atoms with Gasteiger partial charge < -0.3 is 9.13 Å². The summed E-state index contributed by atoms with van der Waals surface area (Å²) in [7, 11) is 0. The maximum Gasteiger partial charge on any atom is 0.102 e. The van der Waals surface area contributed by atoms with Crippen LogP contribution in [0, 0.1) is 11.3 Å². The molecule has 0 aliphatic carbocycles. The van der Waals surface area contributed by atoms with E-state index >= 15 is 0 Å². The molecule has 0 atom stereocenters. The van der Waals surface area contributed by atoms with Gasteiger partial charge in [0.1, 0.15) is 6.07 Å². The van der Waals surface area contributed by atoms with Crippen molar-refractivity contribution in [2.45, 2.75) is 0 Å². The molecule has 3 heterocycles. The van der Waals surface area contributed by atoms with E-state index in [1.165, 1.54) is 21.5 Å². The average molecular weight is 511 g/mol. The monoisotopic (exact) mass is 510 g/mol. The summed E-state index contributed by atoms with van der Waals surface area (Å²) in [5, 5.41) is 15.3. The molecule has 8 rings (SSSR count). The van der Waals surface area contributed by atoms with Gasteiger partial charge in [-0.3, -0.25) is 4.98 Å². The van der Waals surface area contributed by atoms with Gasteiger partial charge in [-0.1, -0.05) is 84.9 Å². The average Bonchev–Trinajstić information content (AvgIpc) is 3.54. The fourth-order valence-electron chi connectivity index (χ4n) is 6.16. The van der Waals surface area contributed by atoms with Crippen LogP contribution in [0.5, 0.6) is 0 Å². The Kier molecular flexibility index (Phi) is 4.85. The summed E-state index contributed by atoms with van der Waals surface area (Å²) in [4.78, 5) is 4.66. The summed E-state index contributed by atoms with van der Waals surface area (Å²) in [5.41, 5.74) is 8.61. The van der Waals surface area contributed by atoms with Crippen LogP contribution in [0.2, 0.25) is 0 Å². The Morgan fingerprint density at radius 2 is 1.02 bits per heavy atom. The van der Waals surface area contributed by atoms with Crippen LogP contribution in [0.3, 0.4) is 0 Å². The van der Waals surface area contributed by atoms with Crippen molar-refractivity contribution >= 4 is 43.6 Å². The summed E-state index contributed by atoms with van der Waals surface area (Å²) in [6, 6.07) is 44.4. The molecule has 0 spiro atoms. The summed E-state index contributed by atoms with van der Waals surface area (Å²) in [6.45, 7) is 0. The number of pyridine rings is 1. The normalized spacial score (nSPS) is 11.5. The lowest BCUT2D eigenvalue weighted by molar-refractivity contribution is 1.14. The second-order valence-electron chi connectivity index (χ2n) is 9.98. The molecule has 0 aliphatic rings. The predicted octanol–water partition coefficient (Wildman–Crippen LogP) is 8.81. The molecule has 0 radical (unpaired) electrons. The van der Waals surface area contributed by atoms with E-state index in [0.29, 0.717) is 5.56 Å². The molecule has 5 aromatic carbocycles. The number of rotatable bonds is 3. The molecular weight excluding hydrogens is 488 g/mol. The van der Waals surface area contributed by atoms with E-state index in [4.69, 9.17) is 0 Å². The van der Waals surface area contributed by atoms with Gasteiger partial charge in [0.2, 0.25) is 0 Å². The second kappa shape index (κ2) is 8.69. The Morgan fingerprint density at radius 1 is 0.525 bits per heavy atom. The van der Waals surface area contributed by atoms with Crippen molar-refractivity contribution in [3.8, 4) is 28.6 Å². The minimum atomic E-state index is 0.621. The van der Waals surface area contributed by atoms with E-state index in [1.54, 1.807) is 0 Å². The largest absolute Gasteiger partial charge is 0.308 e. The Hall–Kier alpha value is -5.66. The van der Waals surface area contributed by atoms with Crippen LogP contribution in [0.15, 0.2) is 134 Å². The molecule has 0 saturated heterocycles. The van der Waals surface area contributed by atoms with Crippen molar-refractivity contribution in [1.82, 2.24) is 14.1 Å². The fourth-order valence-corrected chi connectivity index (χ4v) is 6.16. The molecule has 0 saturated carbocycles. The summed E-state index contributed by atoms with van der Waals surface area (Å²) < 4.78 is 4.46. The van der Waals surface area contributed by atoms with Crippen molar-refractivity contribution in [3.05, 3.63) is 139 Å². The Labute approximate surface area is 230 Å². The molecule has 0 fully saturated rings. The highest BCUT2D eigenvalue weighted by Gasteiger charge is 2.18. The van der Waals surface area contributed by atoms with E-state index in [-0.39, 0.29) is 0 Å². The van der Waals surface area contributed by atoms with Crippen LogP contribution in [-0.2, 0) is 0 Å². The summed E-state index contributed by atoms with van der Waals surface area (Å²) in [5.74, 6) is 0. The van der Waals surface area contributed by atoms with Crippen LogP contribution < -0.4 is 0 Å². The number of fused-ring (bicyclic) bond motifs is 6. The number of benzene rings is 5. The number of hydrogen-bond acceptors (Lipinski definition) is 2. The molecule has 3 aromatic heterocycles. The quantitative estimate of drug-likeness (QED) is 0.238. The van der Waals surface area contributed by atoms with Gasteiger partial charge in [-0.2, -0.15) is 5.26 Å².